The second-order valence-electron chi connectivity index (χ2n) is 3.68. The van der Waals surface area contributed by atoms with Crippen LogP contribution in [-0.2, 0) is 4.74 Å². The van der Waals surface area contributed by atoms with Crippen molar-refractivity contribution in [3.63, 3.8) is 0 Å². The molecule has 0 amide bonds. The van der Waals surface area contributed by atoms with Gasteiger partial charge in [0, 0.05) is 6.08 Å². The van der Waals surface area contributed by atoms with E-state index in [1.807, 2.05) is 0 Å². The van der Waals surface area contributed by atoms with Crippen LogP contribution in [0.3, 0.4) is 0 Å². The smallest absolute Gasteiger partial charge is 0.312 e. The van der Waals surface area contributed by atoms with Crippen molar-refractivity contribution in [2.45, 2.75) is 23.4 Å². The van der Waals surface area contributed by atoms with Gasteiger partial charge in [-0.25, -0.2) is 4.39 Å². The monoisotopic (exact) mass is 246 g/mol. The molecule has 92 valence electrons. The molecule has 3 nitrogen and oxygen atoms in total. The van der Waals surface area contributed by atoms with Gasteiger partial charge in [0.2, 0.25) is 0 Å². The lowest BCUT2D eigenvalue weighted by molar-refractivity contribution is -0.0526. The van der Waals surface area contributed by atoms with Crippen LogP contribution < -0.4 is 0 Å². The Labute approximate surface area is 97.0 Å². The Kier molecular flexibility index (Phi) is 3.75. The molecule has 1 saturated heterocycles. The molecule has 7 heteroatoms. The zero-order valence-electron chi connectivity index (χ0n) is 8.95. The van der Waals surface area contributed by atoms with Gasteiger partial charge in [-0.2, -0.15) is 8.78 Å². The van der Waals surface area contributed by atoms with Gasteiger partial charge in [0.15, 0.2) is 11.3 Å². The van der Waals surface area contributed by atoms with Gasteiger partial charge in [-0.1, -0.05) is 11.7 Å². The number of aliphatic hydroxyl groups is 2. The minimum Gasteiger partial charge on any atom is -0.394 e. The molecule has 1 fully saturated rings. The van der Waals surface area contributed by atoms with E-state index >= 15 is 0 Å². The third-order valence-corrected chi connectivity index (χ3v) is 2.79. The summed E-state index contributed by atoms with van der Waals surface area (Å²) in [7, 11) is 1.21. The summed E-state index contributed by atoms with van der Waals surface area (Å²) in [5.41, 5.74) is -3.89. The SMILES string of the molecule is B[C@@H]1O[C@H](CO)[C@@](O)(C#C)C1(F)C=C=C(F)F. The van der Waals surface area contributed by atoms with E-state index in [-0.39, 0.29) is 0 Å². The summed E-state index contributed by atoms with van der Waals surface area (Å²) in [5.74, 6) is 1.76. The van der Waals surface area contributed by atoms with Crippen LogP contribution in [0.4, 0.5) is 13.2 Å². The summed E-state index contributed by atoms with van der Waals surface area (Å²) >= 11 is 0. The summed E-state index contributed by atoms with van der Waals surface area (Å²) in [6.45, 7) is -0.730. The summed E-state index contributed by atoms with van der Waals surface area (Å²) in [5, 5.41) is 18.9. The Balaban J connectivity index is 3.30. The van der Waals surface area contributed by atoms with Gasteiger partial charge in [0.1, 0.15) is 14.0 Å². The number of aliphatic hydroxyl groups excluding tert-OH is 1. The minimum atomic E-state index is -2.74. The lowest BCUT2D eigenvalue weighted by atomic mass is 9.74. The van der Waals surface area contributed by atoms with E-state index < -0.39 is 36.1 Å². The summed E-state index contributed by atoms with van der Waals surface area (Å²) in [6.07, 6.45) is 1.71. The van der Waals surface area contributed by atoms with Crippen LogP contribution in [0, 0.1) is 12.3 Å². The maximum atomic E-state index is 14.5. The molecule has 0 radical (unpaired) electrons. The fourth-order valence-corrected chi connectivity index (χ4v) is 1.77. The standard InChI is InChI=1S/C10H10BF3O3/c1-2-10(16)6(5-15)17-8(11)9(10,14)4-3-7(12)13/h1,4,6,8,15-16H,5,11H2/t6-,8-,9?,10+/m1/s1. The maximum Gasteiger partial charge on any atom is 0.312 e. The molecule has 1 unspecified atom stereocenters. The first-order chi connectivity index (χ1) is 7.81. The van der Waals surface area contributed by atoms with Crippen molar-refractivity contribution in [2.75, 3.05) is 6.61 Å². The molecule has 2 N–H and O–H groups in total. The molecule has 17 heavy (non-hydrogen) atoms. The molecular formula is C10H10BF3O3. The van der Waals surface area contributed by atoms with E-state index in [1.165, 1.54) is 13.6 Å². The van der Waals surface area contributed by atoms with Crippen molar-refractivity contribution in [3.05, 3.63) is 17.9 Å². The Morgan fingerprint density at radius 3 is 2.59 bits per heavy atom. The number of terminal acetylenes is 1. The molecule has 1 heterocycles. The molecule has 1 aliphatic rings. The summed E-state index contributed by atoms with van der Waals surface area (Å²) < 4.78 is 43.2. The van der Waals surface area contributed by atoms with Gasteiger partial charge < -0.3 is 14.9 Å². The number of rotatable bonds is 2. The van der Waals surface area contributed by atoms with Crippen LogP contribution in [0.15, 0.2) is 17.9 Å². The van der Waals surface area contributed by atoms with Crippen molar-refractivity contribution < 1.29 is 28.1 Å². The Bertz CT molecular complexity index is 412. The fraction of sp³-hybridized carbons (Fsp3) is 0.500. The molecule has 0 saturated carbocycles. The molecule has 0 spiro atoms. The van der Waals surface area contributed by atoms with E-state index in [4.69, 9.17) is 16.3 Å². The van der Waals surface area contributed by atoms with Gasteiger partial charge in [-0.05, 0) is 0 Å². The van der Waals surface area contributed by atoms with Crippen molar-refractivity contribution in [1.82, 2.24) is 0 Å². The predicted octanol–water partition coefficient (Wildman–Crippen LogP) is -0.655. The molecular weight excluding hydrogens is 236 g/mol. The van der Waals surface area contributed by atoms with Crippen molar-refractivity contribution in [3.8, 4) is 12.3 Å². The molecule has 4 atom stereocenters. The van der Waals surface area contributed by atoms with E-state index in [9.17, 15) is 18.3 Å². The van der Waals surface area contributed by atoms with E-state index in [2.05, 4.69) is 0 Å². The van der Waals surface area contributed by atoms with Crippen LogP contribution in [0.5, 0.6) is 0 Å². The largest absolute Gasteiger partial charge is 0.394 e. The van der Waals surface area contributed by atoms with Gasteiger partial charge in [-0.3, -0.25) is 0 Å². The second kappa shape index (κ2) is 4.59. The Morgan fingerprint density at radius 2 is 2.18 bits per heavy atom. The van der Waals surface area contributed by atoms with Crippen LogP contribution in [0.25, 0.3) is 0 Å². The van der Waals surface area contributed by atoms with Crippen LogP contribution in [0.2, 0.25) is 0 Å². The van der Waals surface area contributed by atoms with Crippen LogP contribution in [-0.4, -0.2) is 48.0 Å². The first-order valence-corrected chi connectivity index (χ1v) is 4.76. The molecule has 1 aliphatic heterocycles. The van der Waals surface area contributed by atoms with Gasteiger partial charge in [0.25, 0.3) is 0 Å². The predicted molar refractivity (Wildman–Crippen MR) is 55.7 cm³/mol. The lowest BCUT2D eigenvalue weighted by Gasteiger charge is -2.31. The molecule has 0 aromatic carbocycles. The molecule has 1 rings (SSSR count). The third kappa shape index (κ3) is 2.01. The summed E-state index contributed by atoms with van der Waals surface area (Å²) in [4.78, 5) is 0. The molecule has 0 aromatic heterocycles. The fourth-order valence-electron chi connectivity index (χ4n) is 1.77. The van der Waals surface area contributed by atoms with E-state index in [0.29, 0.717) is 6.08 Å². The zero-order valence-corrected chi connectivity index (χ0v) is 8.95. The topological polar surface area (TPSA) is 49.7 Å². The average molecular weight is 246 g/mol. The highest BCUT2D eigenvalue weighted by Gasteiger charge is 2.64. The second-order valence-corrected chi connectivity index (χ2v) is 3.68. The highest BCUT2D eigenvalue weighted by atomic mass is 19.3. The highest BCUT2D eigenvalue weighted by molar-refractivity contribution is 6.12. The summed E-state index contributed by atoms with van der Waals surface area (Å²) in [6, 6.07) is -1.28. The maximum absolute atomic E-state index is 14.5. The number of alkyl halides is 1. The number of ether oxygens (including phenoxy) is 1. The molecule has 0 bridgehead atoms. The zero-order chi connectivity index (χ0) is 13.3. The lowest BCUT2D eigenvalue weighted by Crippen LogP contribution is -2.55. The quantitative estimate of drug-likeness (QED) is 0.386. The van der Waals surface area contributed by atoms with Crippen LogP contribution in [0.1, 0.15) is 0 Å². The molecule has 0 aromatic rings. The molecule has 0 aliphatic carbocycles. The van der Waals surface area contributed by atoms with E-state index in [0.717, 1.165) is 0 Å². The highest BCUT2D eigenvalue weighted by Crippen LogP contribution is 2.42. The Hall–Kier alpha value is -1.19. The van der Waals surface area contributed by atoms with Gasteiger partial charge in [-0.15, -0.1) is 6.42 Å². The Morgan fingerprint density at radius 1 is 1.59 bits per heavy atom. The normalized spacial score (nSPS) is 40.5. The van der Waals surface area contributed by atoms with E-state index in [1.54, 1.807) is 5.92 Å². The van der Waals surface area contributed by atoms with Crippen LogP contribution >= 0.6 is 0 Å². The van der Waals surface area contributed by atoms with Gasteiger partial charge >= 0.3 is 6.08 Å². The van der Waals surface area contributed by atoms with Crippen molar-refractivity contribution >= 4 is 7.85 Å². The number of halogens is 3. The number of hydrogen-bond donors (Lipinski definition) is 2. The minimum absolute atomic E-state index is 0.336. The van der Waals surface area contributed by atoms with Gasteiger partial charge in [0.05, 0.1) is 12.6 Å². The third-order valence-electron chi connectivity index (χ3n) is 2.79. The van der Waals surface area contributed by atoms with Crippen molar-refractivity contribution in [1.29, 1.82) is 0 Å². The first-order valence-electron chi connectivity index (χ1n) is 4.76. The average Bonchev–Trinajstić information content (AvgIpc) is 2.48. The first kappa shape index (κ1) is 13.9. The van der Waals surface area contributed by atoms with Crippen molar-refractivity contribution in [2.24, 2.45) is 0 Å². The number of hydrogen-bond acceptors (Lipinski definition) is 3.